The summed E-state index contributed by atoms with van der Waals surface area (Å²) in [5.74, 6) is 0.153. The van der Waals surface area contributed by atoms with Gasteiger partial charge in [-0.15, -0.1) is 0 Å². The van der Waals surface area contributed by atoms with E-state index >= 15 is 0 Å². The predicted molar refractivity (Wildman–Crippen MR) is 70.6 cm³/mol. The third kappa shape index (κ3) is 2.61. The highest BCUT2D eigenvalue weighted by molar-refractivity contribution is 7.92. The van der Waals surface area contributed by atoms with Crippen LogP contribution in [0, 0.1) is 0 Å². The highest BCUT2D eigenvalue weighted by atomic mass is 32.2. The summed E-state index contributed by atoms with van der Waals surface area (Å²) in [6.45, 7) is 1.85. The number of aryl methyl sites for hydroxylation is 1. The quantitative estimate of drug-likeness (QED) is 0.908. The van der Waals surface area contributed by atoms with Crippen molar-refractivity contribution in [1.29, 1.82) is 0 Å². The number of nitrogens with one attached hydrogen (secondary N) is 1. The van der Waals surface area contributed by atoms with Crippen molar-refractivity contribution < 1.29 is 8.42 Å². The molecule has 0 radical (unpaired) electrons. The van der Waals surface area contributed by atoms with E-state index in [4.69, 9.17) is 0 Å². The number of hydrogen-bond donors (Lipinski definition) is 1. The maximum Gasteiger partial charge on any atom is 0.232 e. The van der Waals surface area contributed by atoms with E-state index in [9.17, 15) is 8.42 Å². The first kappa shape index (κ1) is 12.0. The summed E-state index contributed by atoms with van der Waals surface area (Å²) in [4.78, 5) is 0. The van der Waals surface area contributed by atoms with Crippen LogP contribution < -0.4 is 4.72 Å². The van der Waals surface area contributed by atoms with Crippen LogP contribution in [-0.2, 0) is 17.1 Å². The van der Waals surface area contributed by atoms with E-state index < -0.39 is 10.0 Å². The summed E-state index contributed by atoms with van der Waals surface area (Å²) in [5, 5.41) is 1.03. The van der Waals surface area contributed by atoms with Crippen molar-refractivity contribution in [2.45, 2.75) is 13.3 Å². The Kier molecular flexibility index (Phi) is 3.11. The lowest BCUT2D eigenvalue weighted by Crippen LogP contribution is -2.15. The highest BCUT2D eigenvalue weighted by Crippen LogP contribution is 2.20. The van der Waals surface area contributed by atoms with E-state index in [0.717, 1.165) is 10.9 Å². The second-order valence-electron chi connectivity index (χ2n) is 4.12. The first-order chi connectivity index (χ1) is 8.02. The molecule has 0 aliphatic heterocycles. The number of fused-ring (bicyclic) bond motifs is 1. The summed E-state index contributed by atoms with van der Waals surface area (Å²) in [6, 6.07) is 7.52. The van der Waals surface area contributed by atoms with Gasteiger partial charge >= 0.3 is 0 Å². The summed E-state index contributed by atoms with van der Waals surface area (Å²) in [5.41, 5.74) is 1.71. The van der Waals surface area contributed by atoms with Crippen molar-refractivity contribution in [2.75, 3.05) is 10.5 Å². The molecule has 5 heteroatoms. The molecule has 0 saturated heterocycles. The molecule has 1 aromatic carbocycles. The molecule has 1 N–H and O–H groups in total. The molecule has 1 heterocycles. The Morgan fingerprint density at radius 2 is 2.06 bits per heavy atom. The normalized spacial score (nSPS) is 11.9. The average Bonchev–Trinajstić information content (AvgIpc) is 2.59. The van der Waals surface area contributed by atoms with Gasteiger partial charge in [-0.05, 0) is 30.7 Å². The Balaban J connectivity index is 2.31. The predicted octanol–water partition coefficient (Wildman–Crippen LogP) is 2.33. The van der Waals surface area contributed by atoms with Crippen LogP contribution in [0.25, 0.3) is 10.9 Å². The van der Waals surface area contributed by atoms with Gasteiger partial charge in [-0.25, -0.2) is 8.42 Å². The molecule has 17 heavy (non-hydrogen) atoms. The molecule has 0 atom stereocenters. The zero-order chi connectivity index (χ0) is 12.5. The average molecular weight is 252 g/mol. The third-order valence-electron chi connectivity index (χ3n) is 2.63. The molecule has 0 aliphatic carbocycles. The molecule has 0 saturated carbocycles. The lowest BCUT2D eigenvalue weighted by Gasteiger charge is -2.07. The van der Waals surface area contributed by atoms with Crippen LogP contribution in [-0.4, -0.2) is 18.7 Å². The zero-order valence-electron chi connectivity index (χ0n) is 9.97. The van der Waals surface area contributed by atoms with Crippen LogP contribution in [0.1, 0.15) is 13.3 Å². The van der Waals surface area contributed by atoms with E-state index in [1.807, 2.05) is 42.9 Å². The van der Waals surface area contributed by atoms with Crippen molar-refractivity contribution >= 4 is 26.6 Å². The molecule has 1 aromatic heterocycles. The summed E-state index contributed by atoms with van der Waals surface area (Å²) in [6.07, 6.45) is 2.57. The molecule has 0 amide bonds. The maximum atomic E-state index is 11.6. The van der Waals surface area contributed by atoms with Gasteiger partial charge in [0.1, 0.15) is 0 Å². The number of nitrogens with zero attached hydrogens (tertiary/aromatic N) is 1. The standard InChI is InChI=1S/C12H16N2O2S/c1-3-8-17(15,16)13-11-4-5-12-10(9-11)6-7-14(12)2/h4-7,9,13H,3,8H2,1-2H3. The minimum absolute atomic E-state index is 0.153. The second kappa shape index (κ2) is 4.41. The van der Waals surface area contributed by atoms with E-state index in [1.54, 1.807) is 6.07 Å². The molecule has 0 bridgehead atoms. The topological polar surface area (TPSA) is 51.1 Å². The molecule has 0 fully saturated rings. The lowest BCUT2D eigenvalue weighted by molar-refractivity contribution is 0.600. The number of sulfonamides is 1. The van der Waals surface area contributed by atoms with E-state index in [1.165, 1.54) is 0 Å². The number of benzene rings is 1. The van der Waals surface area contributed by atoms with Gasteiger partial charge in [0.05, 0.1) is 5.75 Å². The zero-order valence-corrected chi connectivity index (χ0v) is 10.8. The van der Waals surface area contributed by atoms with Gasteiger partial charge in [0.2, 0.25) is 10.0 Å². The van der Waals surface area contributed by atoms with Crippen molar-refractivity contribution in [1.82, 2.24) is 4.57 Å². The van der Waals surface area contributed by atoms with E-state index in [-0.39, 0.29) is 5.75 Å². The fourth-order valence-electron chi connectivity index (χ4n) is 1.84. The first-order valence-electron chi connectivity index (χ1n) is 5.57. The molecule has 4 nitrogen and oxygen atoms in total. The third-order valence-corrected chi connectivity index (χ3v) is 4.12. The largest absolute Gasteiger partial charge is 0.351 e. The summed E-state index contributed by atoms with van der Waals surface area (Å²) >= 11 is 0. The Morgan fingerprint density at radius 1 is 1.29 bits per heavy atom. The molecular formula is C12H16N2O2S. The Labute approximate surface area is 101 Å². The van der Waals surface area contributed by atoms with Crippen LogP contribution >= 0.6 is 0 Å². The highest BCUT2D eigenvalue weighted by Gasteiger charge is 2.09. The van der Waals surface area contributed by atoms with Gasteiger partial charge in [0.25, 0.3) is 0 Å². The second-order valence-corrected chi connectivity index (χ2v) is 5.96. The van der Waals surface area contributed by atoms with E-state index in [0.29, 0.717) is 12.1 Å². The molecule has 2 aromatic rings. The van der Waals surface area contributed by atoms with Crippen molar-refractivity contribution in [3.8, 4) is 0 Å². The van der Waals surface area contributed by atoms with Gasteiger partial charge in [-0.3, -0.25) is 4.72 Å². The van der Waals surface area contributed by atoms with Crippen molar-refractivity contribution in [2.24, 2.45) is 7.05 Å². The van der Waals surface area contributed by atoms with Crippen LogP contribution in [0.15, 0.2) is 30.5 Å². The summed E-state index contributed by atoms with van der Waals surface area (Å²) < 4.78 is 27.8. The van der Waals surface area contributed by atoms with Crippen LogP contribution in [0.2, 0.25) is 0 Å². The Hall–Kier alpha value is -1.49. The SMILES string of the molecule is CCCS(=O)(=O)Nc1ccc2c(ccn2C)c1. The summed E-state index contributed by atoms with van der Waals surface area (Å²) in [7, 11) is -1.24. The molecule has 0 unspecified atom stereocenters. The number of aromatic nitrogens is 1. The van der Waals surface area contributed by atoms with E-state index in [2.05, 4.69) is 4.72 Å². The minimum atomic E-state index is -3.20. The van der Waals surface area contributed by atoms with Gasteiger partial charge < -0.3 is 4.57 Å². The monoisotopic (exact) mass is 252 g/mol. The lowest BCUT2D eigenvalue weighted by atomic mass is 10.2. The first-order valence-corrected chi connectivity index (χ1v) is 7.22. The molecule has 0 spiro atoms. The Morgan fingerprint density at radius 3 is 2.76 bits per heavy atom. The van der Waals surface area contributed by atoms with Crippen molar-refractivity contribution in [3.05, 3.63) is 30.5 Å². The molecular weight excluding hydrogens is 236 g/mol. The smallest absolute Gasteiger partial charge is 0.232 e. The fourth-order valence-corrected chi connectivity index (χ4v) is 2.97. The van der Waals surface area contributed by atoms with Crippen LogP contribution in [0.4, 0.5) is 5.69 Å². The van der Waals surface area contributed by atoms with Gasteiger partial charge in [0, 0.05) is 29.8 Å². The minimum Gasteiger partial charge on any atom is -0.351 e. The van der Waals surface area contributed by atoms with Crippen LogP contribution in [0.3, 0.4) is 0 Å². The Bertz CT molecular complexity index is 629. The number of hydrogen-bond acceptors (Lipinski definition) is 2. The maximum absolute atomic E-state index is 11.6. The van der Waals surface area contributed by atoms with Crippen LogP contribution in [0.5, 0.6) is 0 Å². The fraction of sp³-hybridized carbons (Fsp3) is 0.333. The van der Waals surface area contributed by atoms with Gasteiger partial charge in [-0.2, -0.15) is 0 Å². The van der Waals surface area contributed by atoms with Crippen molar-refractivity contribution in [3.63, 3.8) is 0 Å². The molecule has 92 valence electrons. The molecule has 0 aliphatic rings. The number of rotatable bonds is 4. The van der Waals surface area contributed by atoms with Gasteiger partial charge in [0.15, 0.2) is 0 Å². The van der Waals surface area contributed by atoms with Gasteiger partial charge in [-0.1, -0.05) is 6.92 Å². The number of anilines is 1. The molecule has 2 rings (SSSR count).